The maximum absolute atomic E-state index is 13.2. The molecular formula is C24H30N3O2S+. The molecule has 2 N–H and O–H groups in total. The van der Waals surface area contributed by atoms with Gasteiger partial charge in [0, 0.05) is 17.9 Å². The van der Waals surface area contributed by atoms with Crippen molar-refractivity contribution in [1.29, 1.82) is 0 Å². The minimum Gasteiger partial charge on any atom is -0.354 e. The van der Waals surface area contributed by atoms with Crippen LogP contribution in [0, 0.1) is 0 Å². The molecule has 0 aliphatic carbocycles. The first-order chi connectivity index (χ1) is 14.6. The molecule has 1 aliphatic rings. The number of amides is 2. The molecule has 0 saturated heterocycles. The highest BCUT2D eigenvalue weighted by molar-refractivity contribution is 8.04. The van der Waals surface area contributed by atoms with E-state index in [-0.39, 0.29) is 18.4 Å². The zero-order valence-corrected chi connectivity index (χ0v) is 18.5. The maximum atomic E-state index is 13.2. The average Bonchev–Trinajstić information content (AvgIpc) is 2.77. The van der Waals surface area contributed by atoms with E-state index in [1.165, 1.54) is 16.7 Å². The predicted molar refractivity (Wildman–Crippen MR) is 124 cm³/mol. The fourth-order valence-electron chi connectivity index (χ4n) is 3.49. The van der Waals surface area contributed by atoms with Crippen LogP contribution in [0.4, 0.5) is 5.69 Å². The normalized spacial score (nSPS) is 14.8. The molecule has 6 heteroatoms. The molecule has 0 atom stereocenters. The highest BCUT2D eigenvalue weighted by Gasteiger charge is 2.30. The summed E-state index contributed by atoms with van der Waals surface area (Å²) in [6, 6.07) is 17.5. The van der Waals surface area contributed by atoms with E-state index in [2.05, 4.69) is 19.2 Å². The van der Waals surface area contributed by atoms with Crippen LogP contribution in [0.1, 0.15) is 25.8 Å². The van der Waals surface area contributed by atoms with Crippen molar-refractivity contribution in [1.82, 2.24) is 5.32 Å². The predicted octanol–water partition coefficient (Wildman–Crippen LogP) is 2.60. The first-order valence-electron chi connectivity index (χ1n) is 10.6. The summed E-state index contributed by atoms with van der Waals surface area (Å²) in [5.74, 6) is -0.260. The van der Waals surface area contributed by atoms with Crippen LogP contribution in [-0.2, 0) is 9.59 Å². The van der Waals surface area contributed by atoms with E-state index in [0.29, 0.717) is 11.4 Å². The van der Waals surface area contributed by atoms with Crippen molar-refractivity contribution in [2.75, 3.05) is 37.6 Å². The van der Waals surface area contributed by atoms with E-state index >= 15 is 0 Å². The average molecular weight is 425 g/mol. The Kier molecular flexibility index (Phi) is 8.11. The largest absolute Gasteiger partial charge is 0.354 e. The molecule has 1 aliphatic heterocycles. The van der Waals surface area contributed by atoms with Crippen LogP contribution in [0.15, 0.2) is 64.4 Å². The van der Waals surface area contributed by atoms with E-state index in [1.54, 1.807) is 4.90 Å². The summed E-state index contributed by atoms with van der Waals surface area (Å²) in [5.41, 5.74) is 1.76. The standard InChI is InChI=1S/C24H29N3O2S/c1-3-26(4-2)16-10-15-25-23(28)18-27-20-13-8-9-14-21(20)30-22(24(27)29)17-19-11-6-5-7-12-19/h5-9,11-14,17H,3-4,10,15-16,18H2,1-2H3,(H,25,28)/p+1. The molecule has 0 spiro atoms. The Hall–Kier alpha value is -2.57. The molecule has 0 fully saturated rings. The third-order valence-corrected chi connectivity index (χ3v) is 6.34. The number of benzene rings is 2. The van der Waals surface area contributed by atoms with E-state index in [1.807, 2.05) is 60.7 Å². The number of nitrogens with one attached hydrogen (secondary N) is 2. The zero-order valence-electron chi connectivity index (χ0n) is 17.7. The minimum atomic E-state index is -0.134. The van der Waals surface area contributed by atoms with Gasteiger partial charge in [-0.2, -0.15) is 0 Å². The van der Waals surface area contributed by atoms with Crippen molar-refractivity contribution in [2.24, 2.45) is 0 Å². The van der Waals surface area contributed by atoms with Gasteiger partial charge in [-0.25, -0.2) is 0 Å². The quantitative estimate of drug-likeness (QED) is 0.481. The first-order valence-corrected chi connectivity index (χ1v) is 11.4. The van der Waals surface area contributed by atoms with Crippen LogP contribution < -0.4 is 15.1 Å². The zero-order chi connectivity index (χ0) is 21.3. The van der Waals surface area contributed by atoms with Crippen molar-refractivity contribution in [2.45, 2.75) is 25.2 Å². The van der Waals surface area contributed by atoms with Crippen molar-refractivity contribution in [3.8, 4) is 0 Å². The van der Waals surface area contributed by atoms with Gasteiger partial charge in [0.15, 0.2) is 0 Å². The van der Waals surface area contributed by atoms with E-state index < -0.39 is 0 Å². The van der Waals surface area contributed by atoms with Gasteiger partial charge in [0.25, 0.3) is 5.91 Å². The van der Waals surface area contributed by atoms with Gasteiger partial charge < -0.3 is 10.2 Å². The topological polar surface area (TPSA) is 53.9 Å². The van der Waals surface area contributed by atoms with Gasteiger partial charge in [-0.3, -0.25) is 14.5 Å². The monoisotopic (exact) mass is 424 g/mol. The summed E-state index contributed by atoms with van der Waals surface area (Å²) in [5, 5.41) is 2.98. The second kappa shape index (κ2) is 11.0. The molecule has 0 unspecified atom stereocenters. The molecule has 30 heavy (non-hydrogen) atoms. The number of anilines is 1. The fourth-order valence-corrected chi connectivity index (χ4v) is 4.55. The van der Waals surface area contributed by atoms with Gasteiger partial charge in [0.1, 0.15) is 6.54 Å². The summed E-state index contributed by atoms with van der Waals surface area (Å²) in [7, 11) is 0. The molecule has 2 aromatic carbocycles. The molecule has 2 aromatic rings. The Morgan fingerprint density at radius 3 is 2.50 bits per heavy atom. The molecule has 2 amide bonds. The molecule has 3 rings (SSSR count). The number of hydrogen-bond donors (Lipinski definition) is 2. The minimum absolute atomic E-state index is 0.0284. The highest BCUT2D eigenvalue weighted by atomic mass is 32.2. The van der Waals surface area contributed by atoms with Crippen LogP contribution in [0.25, 0.3) is 6.08 Å². The Bertz CT molecular complexity index is 894. The Morgan fingerprint density at radius 1 is 1.07 bits per heavy atom. The van der Waals surface area contributed by atoms with Crippen LogP contribution in [-0.4, -0.2) is 44.5 Å². The first kappa shape index (κ1) is 22.1. The summed E-state index contributed by atoms with van der Waals surface area (Å²) < 4.78 is 0. The Balaban J connectivity index is 1.69. The molecule has 0 saturated carbocycles. The number of nitrogens with zero attached hydrogens (tertiary/aromatic N) is 1. The second-order valence-corrected chi connectivity index (χ2v) is 8.37. The number of carbonyl (C=O) groups is 2. The summed E-state index contributed by atoms with van der Waals surface area (Å²) >= 11 is 1.46. The lowest BCUT2D eigenvalue weighted by Crippen LogP contribution is -3.11. The van der Waals surface area contributed by atoms with Crippen LogP contribution in [0.2, 0.25) is 0 Å². The SMILES string of the molecule is CC[NH+](CC)CCCNC(=O)CN1C(=O)C(=Cc2ccccc2)Sc2ccccc21. The lowest BCUT2D eigenvalue weighted by molar-refractivity contribution is -0.896. The molecular weight excluding hydrogens is 394 g/mol. The van der Waals surface area contributed by atoms with Gasteiger partial charge in [-0.05, 0) is 37.6 Å². The lowest BCUT2D eigenvalue weighted by atomic mass is 10.2. The molecule has 5 nitrogen and oxygen atoms in total. The lowest BCUT2D eigenvalue weighted by Gasteiger charge is -2.29. The smallest absolute Gasteiger partial charge is 0.265 e. The summed E-state index contributed by atoms with van der Waals surface area (Å²) in [6.07, 6.45) is 2.82. The van der Waals surface area contributed by atoms with Crippen molar-refractivity contribution < 1.29 is 14.5 Å². The van der Waals surface area contributed by atoms with Crippen LogP contribution >= 0.6 is 11.8 Å². The van der Waals surface area contributed by atoms with Gasteiger partial charge in [0.2, 0.25) is 5.91 Å². The third-order valence-electron chi connectivity index (χ3n) is 5.26. The van der Waals surface area contributed by atoms with Crippen molar-refractivity contribution in [3.63, 3.8) is 0 Å². The second-order valence-electron chi connectivity index (χ2n) is 7.29. The fraction of sp³-hybridized carbons (Fsp3) is 0.333. The molecule has 0 bridgehead atoms. The number of para-hydroxylation sites is 1. The Labute approximate surface area is 183 Å². The number of rotatable bonds is 9. The highest BCUT2D eigenvalue weighted by Crippen LogP contribution is 2.41. The molecule has 0 aromatic heterocycles. The maximum Gasteiger partial charge on any atom is 0.265 e. The van der Waals surface area contributed by atoms with E-state index in [4.69, 9.17) is 0 Å². The number of quaternary nitrogens is 1. The summed E-state index contributed by atoms with van der Waals surface area (Å²) in [6.45, 7) is 8.24. The Morgan fingerprint density at radius 2 is 1.77 bits per heavy atom. The van der Waals surface area contributed by atoms with Crippen LogP contribution in [0.3, 0.4) is 0 Å². The van der Waals surface area contributed by atoms with Gasteiger partial charge in [-0.15, -0.1) is 0 Å². The van der Waals surface area contributed by atoms with Gasteiger partial charge in [-0.1, -0.05) is 54.2 Å². The van der Waals surface area contributed by atoms with Crippen LogP contribution in [0.5, 0.6) is 0 Å². The number of hydrogen-bond acceptors (Lipinski definition) is 3. The molecule has 0 radical (unpaired) electrons. The third kappa shape index (κ3) is 5.74. The molecule has 158 valence electrons. The number of thioether (sulfide) groups is 1. The summed E-state index contributed by atoms with van der Waals surface area (Å²) in [4.78, 5) is 30.5. The van der Waals surface area contributed by atoms with Crippen molar-refractivity contribution >= 4 is 35.3 Å². The molecule has 1 heterocycles. The van der Waals surface area contributed by atoms with Gasteiger partial charge in [0.05, 0.1) is 30.2 Å². The van der Waals surface area contributed by atoms with E-state index in [9.17, 15) is 9.59 Å². The van der Waals surface area contributed by atoms with E-state index in [0.717, 1.165) is 42.2 Å². The number of carbonyl (C=O) groups excluding carboxylic acids is 2. The van der Waals surface area contributed by atoms with Gasteiger partial charge >= 0.3 is 0 Å². The van der Waals surface area contributed by atoms with Crippen molar-refractivity contribution in [3.05, 3.63) is 65.1 Å². The number of fused-ring (bicyclic) bond motifs is 1.